The number of nitrogens with one attached hydrogen (secondary N) is 1. The molecule has 4 rings (SSSR count). The van der Waals surface area contributed by atoms with Gasteiger partial charge in [-0.2, -0.15) is 4.99 Å². The van der Waals surface area contributed by atoms with E-state index in [1.54, 1.807) is 11.8 Å². The van der Waals surface area contributed by atoms with Gasteiger partial charge < -0.3 is 20.7 Å². The summed E-state index contributed by atoms with van der Waals surface area (Å²) in [4.78, 5) is 9.49. The van der Waals surface area contributed by atoms with Gasteiger partial charge >= 0.3 is 0 Å². The average Bonchev–Trinajstić information content (AvgIpc) is 3.13. The highest BCUT2D eigenvalue weighted by molar-refractivity contribution is 8.13. The van der Waals surface area contributed by atoms with Crippen molar-refractivity contribution in [3.8, 4) is 0 Å². The maximum atomic E-state index is 6.14. The third kappa shape index (κ3) is 7.84. The van der Waals surface area contributed by atoms with E-state index >= 15 is 0 Å². The lowest BCUT2D eigenvalue weighted by atomic mass is 10.0. The quantitative estimate of drug-likeness (QED) is 0.269. The Labute approximate surface area is 208 Å². The van der Waals surface area contributed by atoms with Crippen LogP contribution in [0, 0.1) is 5.92 Å². The zero-order valence-electron chi connectivity index (χ0n) is 19.7. The van der Waals surface area contributed by atoms with Crippen LogP contribution in [0.3, 0.4) is 0 Å². The second kappa shape index (κ2) is 12.9. The number of morpholine rings is 1. The lowest BCUT2D eigenvalue weighted by Crippen LogP contribution is -2.49. The fraction of sp³-hybridized carbons (Fsp3) is 0.680. The van der Waals surface area contributed by atoms with Gasteiger partial charge in [-0.1, -0.05) is 37.4 Å². The van der Waals surface area contributed by atoms with Gasteiger partial charge in [-0.25, -0.2) is 0 Å². The van der Waals surface area contributed by atoms with E-state index in [0.29, 0.717) is 16.3 Å². The first kappa shape index (κ1) is 24.8. The Hall–Kier alpha value is -1.35. The molecule has 182 valence electrons. The van der Waals surface area contributed by atoms with E-state index in [9.17, 15) is 0 Å². The van der Waals surface area contributed by atoms with E-state index < -0.39 is 0 Å². The van der Waals surface area contributed by atoms with Crippen molar-refractivity contribution < 1.29 is 4.74 Å². The number of nitrogens with zero attached hydrogens (tertiary/aromatic N) is 3. The SMILES string of the molecule is N/C(=N\C(=S)Nc1ccc(N2CCC(N3CCOCC3)CC2)cc1)SCC1CCCCCC1. The van der Waals surface area contributed by atoms with Gasteiger partial charge in [0.15, 0.2) is 10.3 Å². The van der Waals surface area contributed by atoms with Gasteiger partial charge in [-0.3, -0.25) is 4.90 Å². The third-order valence-corrected chi connectivity index (χ3v) is 8.38. The van der Waals surface area contributed by atoms with E-state index in [0.717, 1.165) is 56.8 Å². The molecule has 1 aromatic rings. The van der Waals surface area contributed by atoms with E-state index in [-0.39, 0.29) is 0 Å². The first-order chi connectivity index (χ1) is 16.2. The molecular formula is C25H39N5OS2. The number of hydrogen-bond acceptors (Lipinski definition) is 5. The number of rotatable bonds is 5. The molecule has 0 amide bonds. The molecule has 2 saturated heterocycles. The zero-order valence-corrected chi connectivity index (χ0v) is 21.3. The molecule has 2 aliphatic heterocycles. The van der Waals surface area contributed by atoms with Crippen molar-refractivity contribution in [2.45, 2.75) is 57.4 Å². The summed E-state index contributed by atoms with van der Waals surface area (Å²) in [5.41, 5.74) is 8.37. The van der Waals surface area contributed by atoms with Crippen LogP contribution < -0.4 is 16.0 Å². The van der Waals surface area contributed by atoms with Crippen LogP contribution in [-0.2, 0) is 4.74 Å². The van der Waals surface area contributed by atoms with Crippen molar-refractivity contribution in [1.82, 2.24) is 4.90 Å². The summed E-state index contributed by atoms with van der Waals surface area (Å²) in [5.74, 6) is 1.81. The Bertz CT molecular complexity index is 766. The highest BCUT2D eigenvalue weighted by Crippen LogP contribution is 2.26. The van der Waals surface area contributed by atoms with Crippen LogP contribution in [0.2, 0.25) is 0 Å². The number of thioether (sulfide) groups is 1. The maximum Gasteiger partial charge on any atom is 0.199 e. The number of amidine groups is 1. The molecule has 3 fully saturated rings. The van der Waals surface area contributed by atoms with E-state index in [1.807, 2.05) is 0 Å². The molecule has 0 unspecified atom stereocenters. The molecule has 0 aromatic heterocycles. The number of nitrogens with two attached hydrogens (primary N) is 1. The fourth-order valence-electron chi connectivity index (χ4n) is 5.21. The third-order valence-electron chi connectivity index (χ3n) is 7.16. The smallest absolute Gasteiger partial charge is 0.199 e. The highest BCUT2D eigenvalue weighted by atomic mass is 32.2. The number of anilines is 2. The number of thiocarbonyl (C=S) groups is 1. The molecule has 0 bridgehead atoms. The summed E-state index contributed by atoms with van der Waals surface area (Å²) in [7, 11) is 0. The Balaban J connectivity index is 1.20. The van der Waals surface area contributed by atoms with Crippen LogP contribution in [0.15, 0.2) is 29.3 Å². The Morgan fingerprint density at radius 3 is 2.33 bits per heavy atom. The first-order valence-corrected chi connectivity index (χ1v) is 14.0. The molecule has 0 spiro atoms. The molecule has 1 aliphatic carbocycles. The fourth-order valence-corrected chi connectivity index (χ4v) is 6.37. The van der Waals surface area contributed by atoms with Gasteiger partial charge in [0.05, 0.1) is 13.2 Å². The van der Waals surface area contributed by atoms with E-state index in [1.165, 1.54) is 57.1 Å². The molecule has 33 heavy (non-hydrogen) atoms. The van der Waals surface area contributed by atoms with Crippen molar-refractivity contribution in [3.63, 3.8) is 0 Å². The Morgan fingerprint density at radius 1 is 1.00 bits per heavy atom. The highest BCUT2D eigenvalue weighted by Gasteiger charge is 2.25. The molecule has 3 aliphatic rings. The Kier molecular flexibility index (Phi) is 9.70. The molecular weight excluding hydrogens is 450 g/mol. The van der Waals surface area contributed by atoms with Crippen LogP contribution >= 0.6 is 24.0 Å². The van der Waals surface area contributed by atoms with Crippen molar-refractivity contribution in [1.29, 1.82) is 0 Å². The molecule has 0 radical (unpaired) electrons. The lowest BCUT2D eigenvalue weighted by molar-refractivity contribution is 0.0115. The molecule has 0 atom stereocenters. The summed E-state index contributed by atoms with van der Waals surface area (Å²) in [6, 6.07) is 9.22. The van der Waals surface area contributed by atoms with E-state index in [4.69, 9.17) is 22.7 Å². The predicted molar refractivity (Wildman–Crippen MR) is 146 cm³/mol. The molecule has 3 N–H and O–H groups in total. The average molecular weight is 490 g/mol. The van der Waals surface area contributed by atoms with Crippen LogP contribution in [-0.4, -0.2) is 66.4 Å². The maximum absolute atomic E-state index is 6.14. The van der Waals surface area contributed by atoms with Gasteiger partial charge in [-0.05, 0) is 68.1 Å². The van der Waals surface area contributed by atoms with Crippen LogP contribution in [0.25, 0.3) is 0 Å². The number of aliphatic imine (C=N–C) groups is 1. The molecule has 1 saturated carbocycles. The summed E-state index contributed by atoms with van der Waals surface area (Å²) < 4.78 is 5.50. The topological polar surface area (TPSA) is 66.1 Å². The van der Waals surface area contributed by atoms with E-state index in [2.05, 4.69) is 44.4 Å². The lowest BCUT2D eigenvalue weighted by Gasteiger charge is -2.40. The standard InChI is InChI=1S/C25H39N5OS2/c26-24(33-19-20-5-3-1-2-4-6-20)28-25(32)27-21-7-9-22(10-8-21)29-13-11-23(12-14-29)30-15-17-31-18-16-30/h7-10,20,23H,1-6,11-19H2,(H3,26,27,28,32). The molecule has 2 heterocycles. The Morgan fingerprint density at radius 2 is 1.67 bits per heavy atom. The van der Waals surface area contributed by atoms with Gasteiger partial charge in [0.2, 0.25) is 0 Å². The van der Waals surface area contributed by atoms with Gasteiger partial charge in [0.25, 0.3) is 0 Å². The van der Waals surface area contributed by atoms with Gasteiger partial charge in [-0.15, -0.1) is 0 Å². The number of hydrogen-bond donors (Lipinski definition) is 2. The second-order valence-corrected chi connectivity index (χ2v) is 10.9. The summed E-state index contributed by atoms with van der Waals surface area (Å²) >= 11 is 7.07. The first-order valence-electron chi connectivity index (χ1n) is 12.6. The van der Waals surface area contributed by atoms with Crippen LogP contribution in [0.4, 0.5) is 11.4 Å². The summed E-state index contributed by atoms with van der Waals surface area (Å²) in [6.45, 7) is 6.13. The van der Waals surface area contributed by atoms with Gasteiger partial charge in [0, 0.05) is 49.3 Å². The minimum absolute atomic E-state index is 0.431. The summed E-state index contributed by atoms with van der Waals surface area (Å²) in [6.07, 6.45) is 10.5. The second-order valence-electron chi connectivity index (χ2n) is 9.46. The largest absolute Gasteiger partial charge is 0.379 e. The normalized spacial score (nSPS) is 22.2. The van der Waals surface area contributed by atoms with Crippen LogP contribution in [0.1, 0.15) is 51.4 Å². The number of piperidine rings is 1. The molecule has 1 aromatic carbocycles. The predicted octanol–water partition coefficient (Wildman–Crippen LogP) is 4.70. The van der Waals surface area contributed by atoms with Crippen LogP contribution in [0.5, 0.6) is 0 Å². The minimum atomic E-state index is 0.431. The monoisotopic (exact) mass is 489 g/mol. The zero-order chi connectivity index (χ0) is 22.9. The van der Waals surface area contributed by atoms with Crippen molar-refractivity contribution >= 4 is 45.6 Å². The van der Waals surface area contributed by atoms with Gasteiger partial charge in [0.1, 0.15) is 0 Å². The molecule has 8 heteroatoms. The number of ether oxygens (including phenoxy) is 1. The minimum Gasteiger partial charge on any atom is -0.379 e. The summed E-state index contributed by atoms with van der Waals surface area (Å²) in [5, 5.41) is 4.21. The number of benzene rings is 1. The van der Waals surface area contributed by atoms with Crippen molar-refractivity contribution in [2.75, 3.05) is 55.4 Å². The van der Waals surface area contributed by atoms with Crippen molar-refractivity contribution in [3.05, 3.63) is 24.3 Å². The molecule has 6 nitrogen and oxygen atoms in total. The van der Waals surface area contributed by atoms with Crippen molar-refractivity contribution in [2.24, 2.45) is 16.6 Å².